The van der Waals surface area contributed by atoms with Crippen molar-refractivity contribution in [3.05, 3.63) is 58.6 Å². The molecule has 3 atom stereocenters. The van der Waals surface area contributed by atoms with Crippen molar-refractivity contribution in [1.82, 2.24) is 0 Å². The van der Waals surface area contributed by atoms with Crippen molar-refractivity contribution in [2.45, 2.75) is 28.6 Å². The Balaban J connectivity index is 1.97. The number of fused-ring (bicyclic) bond motifs is 3. The van der Waals surface area contributed by atoms with Gasteiger partial charge in [0.15, 0.2) is 21.4 Å². The van der Waals surface area contributed by atoms with Gasteiger partial charge in [-0.2, -0.15) is 11.8 Å². The Morgan fingerprint density at radius 3 is 2.57 bits per heavy atom. The van der Waals surface area contributed by atoms with Gasteiger partial charge in [0.05, 0.1) is 23.2 Å². The largest absolute Gasteiger partial charge is 0.490 e. The van der Waals surface area contributed by atoms with Crippen LogP contribution in [0.2, 0.25) is 5.02 Å². The first-order valence-electron chi connectivity index (χ1n) is 9.55. The molecule has 0 radical (unpaired) electrons. The van der Waals surface area contributed by atoms with E-state index in [2.05, 4.69) is 0 Å². The van der Waals surface area contributed by atoms with Crippen molar-refractivity contribution in [1.29, 1.82) is 0 Å². The summed E-state index contributed by atoms with van der Waals surface area (Å²) in [5.74, 6) is -1.82. The van der Waals surface area contributed by atoms with Gasteiger partial charge >= 0.3 is 0 Å². The molecule has 1 saturated heterocycles. The average molecular weight is 475 g/mol. The molecule has 0 unspecified atom stereocenters. The number of ether oxygens (including phenoxy) is 2. The van der Waals surface area contributed by atoms with E-state index in [1.807, 2.05) is 6.26 Å². The van der Waals surface area contributed by atoms with Gasteiger partial charge in [-0.25, -0.2) is 17.2 Å². The van der Waals surface area contributed by atoms with Crippen LogP contribution in [0.5, 0.6) is 5.75 Å². The van der Waals surface area contributed by atoms with E-state index >= 15 is 4.39 Å². The minimum atomic E-state index is -4.14. The number of thioether (sulfide) groups is 1. The van der Waals surface area contributed by atoms with E-state index in [1.165, 1.54) is 24.3 Å². The number of benzene rings is 2. The molecule has 2 heterocycles. The first-order valence-corrected chi connectivity index (χ1v) is 12.8. The molecule has 0 bridgehead atoms. The van der Waals surface area contributed by atoms with Crippen molar-refractivity contribution in [3.8, 4) is 5.75 Å². The van der Waals surface area contributed by atoms with Crippen LogP contribution in [0.1, 0.15) is 18.4 Å². The number of hydrogen-bond donors (Lipinski definition) is 0. The second-order valence-electron chi connectivity index (χ2n) is 7.44. The molecule has 2 aliphatic heterocycles. The molecule has 0 aromatic heterocycles. The van der Waals surface area contributed by atoms with Crippen molar-refractivity contribution in [3.63, 3.8) is 0 Å². The fourth-order valence-electron chi connectivity index (χ4n) is 4.57. The van der Waals surface area contributed by atoms with Crippen molar-refractivity contribution < 1.29 is 26.7 Å². The molecule has 4 nitrogen and oxygen atoms in total. The van der Waals surface area contributed by atoms with Crippen LogP contribution in [0.3, 0.4) is 0 Å². The molecular formula is C21H21ClF2O4S2. The summed E-state index contributed by atoms with van der Waals surface area (Å²) in [6, 6.07) is 7.69. The highest BCUT2D eigenvalue weighted by Gasteiger charge is 2.61. The van der Waals surface area contributed by atoms with Crippen LogP contribution >= 0.6 is 23.4 Å². The Morgan fingerprint density at radius 2 is 1.87 bits per heavy atom. The molecule has 0 spiro atoms. The molecule has 0 aliphatic carbocycles. The number of rotatable bonds is 5. The van der Waals surface area contributed by atoms with E-state index in [1.54, 1.807) is 11.8 Å². The molecule has 0 amide bonds. The molecule has 2 aromatic rings. The van der Waals surface area contributed by atoms with E-state index in [-0.39, 0.29) is 35.8 Å². The molecule has 0 N–H and O–H groups in total. The lowest BCUT2D eigenvalue weighted by atomic mass is 9.75. The Labute approximate surface area is 183 Å². The van der Waals surface area contributed by atoms with Crippen LogP contribution in [-0.2, 0) is 19.3 Å². The molecule has 4 rings (SSSR count). The maximum Gasteiger partial charge on any atom is 0.189 e. The summed E-state index contributed by atoms with van der Waals surface area (Å²) in [7, 11) is -4.14. The Morgan fingerprint density at radius 1 is 1.17 bits per heavy atom. The molecule has 30 heavy (non-hydrogen) atoms. The van der Waals surface area contributed by atoms with Gasteiger partial charge in [-0.3, -0.25) is 0 Å². The van der Waals surface area contributed by atoms with Gasteiger partial charge in [0.2, 0.25) is 0 Å². The number of halogens is 3. The summed E-state index contributed by atoms with van der Waals surface area (Å²) in [4.78, 5) is 0.0129. The zero-order valence-corrected chi connectivity index (χ0v) is 18.6. The lowest BCUT2D eigenvalue weighted by molar-refractivity contribution is -0.0730. The third-order valence-corrected chi connectivity index (χ3v) is 9.41. The van der Waals surface area contributed by atoms with Crippen LogP contribution in [0, 0.1) is 17.6 Å². The van der Waals surface area contributed by atoms with E-state index in [4.69, 9.17) is 21.1 Å². The monoisotopic (exact) mass is 474 g/mol. The van der Waals surface area contributed by atoms with Crippen LogP contribution in [0.4, 0.5) is 8.78 Å². The summed E-state index contributed by atoms with van der Waals surface area (Å²) in [5, 5.41) is 0.387. The Kier molecular flexibility index (Phi) is 6.05. The standard InChI is InChI=1S/C21H21ClF2O4S2/c1-29-11-8-18-15-12-28-20-17(24)7-6-16(23)19(20)21(15,9-10-27-18)30(25,26)14-4-2-13(22)3-5-14/h2-7,15,18H,8-12H2,1H3/t15-,18-,21-/m0/s1. The van der Waals surface area contributed by atoms with Gasteiger partial charge in [-0.05, 0) is 61.2 Å². The maximum atomic E-state index is 15.2. The highest BCUT2D eigenvalue weighted by Crippen LogP contribution is 2.55. The second-order valence-corrected chi connectivity index (χ2v) is 11.1. The van der Waals surface area contributed by atoms with Crippen LogP contribution in [-0.4, -0.2) is 39.7 Å². The number of sulfone groups is 1. The van der Waals surface area contributed by atoms with Gasteiger partial charge in [-0.15, -0.1) is 0 Å². The molecule has 2 aliphatic rings. The zero-order chi connectivity index (χ0) is 21.5. The predicted molar refractivity (Wildman–Crippen MR) is 113 cm³/mol. The summed E-state index contributed by atoms with van der Waals surface area (Å²) >= 11 is 7.56. The lowest BCUT2D eigenvalue weighted by Crippen LogP contribution is -2.57. The fourth-order valence-corrected chi connectivity index (χ4v) is 7.51. The summed E-state index contributed by atoms with van der Waals surface area (Å²) in [6.45, 7) is 0.0526. The molecule has 162 valence electrons. The fraction of sp³-hybridized carbons (Fsp3) is 0.429. The zero-order valence-electron chi connectivity index (χ0n) is 16.2. The van der Waals surface area contributed by atoms with Crippen LogP contribution in [0.25, 0.3) is 0 Å². The van der Waals surface area contributed by atoms with E-state index in [9.17, 15) is 12.8 Å². The molecule has 9 heteroatoms. The minimum Gasteiger partial charge on any atom is -0.490 e. The first-order chi connectivity index (χ1) is 14.3. The van der Waals surface area contributed by atoms with E-state index in [0.717, 1.165) is 17.9 Å². The summed E-state index contributed by atoms with van der Waals surface area (Å²) in [6.07, 6.45) is 2.08. The quantitative estimate of drug-likeness (QED) is 0.620. The average Bonchev–Trinajstić information content (AvgIpc) is 2.74. The summed E-state index contributed by atoms with van der Waals surface area (Å²) in [5.41, 5.74) is -0.230. The summed E-state index contributed by atoms with van der Waals surface area (Å²) < 4.78 is 67.7. The predicted octanol–water partition coefficient (Wildman–Crippen LogP) is 4.84. The molecule has 2 aromatic carbocycles. The highest BCUT2D eigenvalue weighted by atomic mass is 35.5. The third kappa shape index (κ3) is 3.32. The van der Waals surface area contributed by atoms with Gasteiger partial charge in [0.1, 0.15) is 10.6 Å². The van der Waals surface area contributed by atoms with Gasteiger partial charge in [-0.1, -0.05) is 11.6 Å². The Bertz CT molecular complexity index is 1050. The molecular weight excluding hydrogens is 454 g/mol. The first kappa shape index (κ1) is 21.9. The van der Waals surface area contributed by atoms with Crippen molar-refractivity contribution in [2.75, 3.05) is 25.2 Å². The SMILES string of the molecule is CSCC[C@@H]1OCC[C@@]2(S(=O)(=O)c3ccc(Cl)cc3)c3c(F)ccc(F)c3OC[C@@H]12. The van der Waals surface area contributed by atoms with E-state index in [0.29, 0.717) is 11.4 Å². The van der Waals surface area contributed by atoms with Gasteiger partial charge in [0.25, 0.3) is 0 Å². The van der Waals surface area contributed by atoms with Gasteiger partial charge < -0.3 is 9.47 Å². The van der Waals surface area contributed by atoms with Gasteiger partial charge in [0, 0.05) is 17.5 Å². The molecule has 0 saturated carbocycles. The second kappa shape index (κ2) is 8.30. The highest BCUT2D eigenvalue weighted by molar-refractivity contribution is 7.98. The topological polar surface area (TPSA) is 52.6 Å². The lowest BCUT2D eigenvalue weighted by Gasteiger charge is -2.50. The van der Waals surface area contributed by atoms with E-state index < -0.39 is 38.2 Å². The normalized spacial score (nSPS) is 25.9. The molecule has 1 fully saturated rings. The maximum absolute atomic E-state index is 15.2. The number of hydrogen-bond acceptors (Lipinski definition) is 5. The van der Waals surface area contributed by atoms with Crippen molar-refractivity contribution in [2.24, 2.45) is 5.92 Å². The van der Waals surface area contributed by atoms with Crippen LogP contribution in [0.15, 0.2) is 41.3 Å². The van der Waals surface area contributed by atoms with Crippen molar-refractivity contribution >= 4 is 33.2 Å². The minimum absolute atomic E-state index is 0.00906. The smallest absolute Gasteiger partial charge is 0.189 e. The van der Waals surface area contributed by atoms with Crippen LogP contribution < -0.4 is 4.74 Å². The third-order valence-electron chi connectivity index (χ3n) is 5.95. The Hall–Kier alpha value is -1.35.